The maximum atomic E-state index is 8.04. The van der Waals surface area contributed by atoms with Gasteiger partial charge in [0.05, 0.1) is 19.3 Å². The first-order valence-electron chi connectivity index (χ1n) is 12.8. The molecule has 5 rings (SSSR count). The second-order valence-corrected chi connectivity index (χ2v) is 14.5. The predicted octanol–water partition coefficient (Wildman–Crippen LogP) is 8.09. The van der Waals surface area contributed by atoms with Gasteiger partial charge in [0.15, 0.2) is 0 Å². The van der Waals surface area contributed by atoms with Crippen molar-refractivity contribution < 1.29 is 4.11 Å². The van der Waals surface area contributed by atoms with Crippen LogP contribution in [0.4, 0.5) is 0 Å². The van der Waals surface area contributed by atoms with Gasteiger partial charge in [0.1, 0.15) is 0 Å². The molecule has 1 nitrogen and oxygen atoms in total. The summed E-state index contributed by atoms with van der Waals surface area (Å²) in [5.41, 5.74) is 7.11. The van der Waals surface area contributed by atoms with E-state index in [0.717, 1.165) is 27.7 Å². The molecule has 0 spiro atoms. The number of hydrogen-bond donors (Lipinski definition) is 0. The van der Waals surface area contributed by atoms with Crippen LogP contribution in [-0.4, -0.2) is 13.1 Å². The molecule has 1 aromatic heterocycles. The van der Waals surface area contributed by atoms with E-state index in [2.05, 4.69) is 68.2 Å². The van der Waals surface area contributed by atoms with Crippen LogP contribution in [0, 0.1) is 6.85 Å². The standard InChI is InChI=1S/C31H29NSi/c1-22-15-16-25(21-27(22)23-11-7-5-8-12-23)28-18-17-26-29(32-28)19-20-30(33(2,3)4)31(26)24-13-9-6-10-14-24/h5-21H,1-4H3/i1D3. The van der Waals surface area contributed by atoms with Gasteiger partial charge in [-0.15, -0.1) is 0 Å². The lowest BCUT2D eigenvalue weighted by molar-refractivity contribution is 1.38. The molecule has 5 aromatic rings. The van der Waals surface area contributed by atoms with Crippen molar-refractivity contribution in [2.75, 3.05) is 0 Å². The number of aryl methyl sites for hydroxylation is 1. The van der Waals surface area contributed by atoms with Gasteiger partial charge in [-0.3, -0.25) is 0 Å². The van der Waals surface area contributed by atoms with Gasteiger partial charge >= 0.3 is 0 Å². The number of pyridine rings is 1. The molecule has 162 valence electrons. The molecule has 0 atom stereocenters. The van der Waals surface area contributed by atoms with Gasteiger partial charge in [-0.05, 0) is 52.9 Å². The molecule has 2 heteroatoms. The van der Waals surface area contributed by atoms with E-state index in [0.29, 0.717) is 11.1 Å². The molecule has 1 heterocycles. The van der Waals surface area contributed by atoms with E-state index in [1.165, 1.54) is 16.3 Å². The minimum Gasteiger partial charge on any atom is -0.248 e. The second-order valence-electron chi connectivity index (χ2n) is 9.49. The molecule has 0 unspecified atom stereocenters. The predicted molar refractivity (Wildman–Crippen MR) is 146 cm³/mol. The zero-order valence-electron chi connectivity index (χ0n) is 22.3. The number of fused-ring (bicyclic) bond motifs is 1. The van der Waals surface area contributed by atoms with Crippen LogP contribution in [0.3, 0.4) is 0 Å². The fourth-order valence-corrected chi connectivity index (χ4v) is 6.08. The van der Waals surface area contributed by atoms with Crippen molar-refractivity contribution in [3.8, 4) is 33.5 Å². The Kier molecular flexibility index (Phi) is 4.61. The molecule has 0 radical (unpaired) electrons. The van der Waals surface area contributed by atoms with Gasteiger partial charge in [0.2, 0.25) is 0 Å². The van der Waals surface area contributed by atoms with Crippen molar-refractivity contribution in [2.24, 2.45) is 0 Å². The van der Waals surface area contributed by atoms with Gasteiger partial charge in [0.25, 0.3) is 0 Å². The molecule has 33 heavy (non-hydrogen) atoms. The third kappa shape index (κ3) is 4.15. The van der Waals surface area contributed by atoms with Crippen molar-refractivity contribution in [1.29, 1.82) is 0 Å². The molecule has 0 aliphatic heterocycles. The van der Waals surface area contributed by atoms with Crippen molar-refractivity contribution in [1.82, 2.24) is 4.98 Å². The Labute approximate surface area is 202 Å². The average molecular weight is 447 g/mol. The van der Waals surface area contributed by atoms with Crippen LogP contribution >= 0.6 is 0 Å². The molecular formula is C31H29NSi. The lowest BCUT2D eigenvalue weighted by Crippen LogP contribution is -2.39. The molecule has 0 fully saturated rings. The molecular weight excluding hydrogens is 414 g/mol. The summed E-state index contributed by atoms with van der Waals surface area (Å²) >= 11 is 0. The normalized spacial score (nSPS) is 13.4. The van der Waals surface area contributed by atoms with Gasteiger partial charge in [-0.1, -0.05) is 110 Å². The Balaban J connectivity index is 1.70. The maximum absolute atomic E-state index is 8.04. The zero-order valence-corrected chi connectivity index (χ0v) is 20.3. The first-order chi connectivity index (χ1) is 17.1. The Morgan fingerprint density at radius 1 is 0.667 bits per heavy atom. The summed E-state index contributed by atoms with van der Waals surface area (Å²) in [5.74, 6) is 0. The summed E-state index contributed by atoms with van der Waals surface area (Å²) < 4.78 is 24.1. The fourth-order valence-electron chi connectivity index (χ4n) is 4.47. The highest BCUT2D eigenvalue weighted by atomic mass is 28.3. The van der Waals surface area contributed by atoms with E-state index in [4.69, 9.17) is 9.10 Å². The van der Waals surface area contributed by atoms with Gasteiger partial charge in [0, 0.05) is 15.1 Å². The molecule has 0 amide bonds. The third-order valence-corrected chi connectivity index (χ3v) is 8.17. The number of aromatic nitrogens is 1. The van der Waals surface area contributed by atoms with E-state index in [1.54, 1.807) is 6.07 Å². The Bertz CT molecular complexity index is 1540. The van der Waals surface area contributed by atoms with Crippen LogP contribution in [0.1, 0.15) is 9.68 Å². The first-order valence-corrected chi connectivity index (χ1v) is 14.8. The average Bonchev–Trinajstić information content (AvgIpc) is 2.87. The zero-order chi connectivity index (χ0) is 25.5. The first kappa shape index (κ1) is 18.0. The van der Waals surface area contributed by atoms with Crippen LogP contribution < -0.4 is 5.19 Å². The molecule has 0 saturated heterocycles. The summed E-state index contributed by atoms with van der Waals surface area (Å²) in [5, 5.41) is 2.57. The lowest BCUT2D eigenvalue weighted by Gasteiger charge is -2.23. The monoisotopic (exact) mass is 446 g/mol. The van der Waals surface area contributed by atoms with Gasteiger partial charge in [-0.2, -0.15) is 0 Å². The largest absolute Gasteiger partial charge is 0.248 e. The molecule has 0 saturated carbocycles. The Morgan fingerprint density at radius 3 is 2.03 bits per heavy atom. The van der Waals surface area contributed by atoms with Crippen LogP contribution in [0.5, 0.6) is 0 Å². The lowest BCUT2D eigenvalue weighted by atomic mass is 9.96. The minimum absolute atomic E-state index is 0.351. The number of rotatable bonds is 4. The quantitative estimate of drug-likeness (QED) is 0.254. The molecule has 0 aliphatic carbocycles. The van der Waals surface area contributed by atoms with Crippen molar-refractivity contribution in [2.45, 2.75) is 26.5 Å². The molecule has 0 bridgehead atoms. The summed E-state index contributed by atoms with van der Waals surface area (Å²) in [6.07, 6.45) is 0. The Morgan fingerprint density at radius 2 is 1.36 bits per heavy atom. The van der Waals surface area contributed by atoms with E-state index in [-0.39, 0.29) is 0 Å². The van der Waals surface area contributed by atoms with Crippen LogP contribution in [-0.2, 0) is 0 Å². The third-order valence-electron chi connectivity index (χ3n) is 6.14. The van der Waals surface area contributed by atoms with Crippen LogP contribution in [0.15, 0.2) is 103 Å². The van der Waals surface area contributed by atoms with E-state index >= 15 is 0 Å². The van der Waals surface area contributed by atoms with E-state index in [9.17, 15) is 0 Å². The number of hydrogen-bond acceptors (Lipinski definition) is 1. The minimum atomic E-state index is -2.20. The molecule has 0 N–H and O–H groups in total. The van der Waals surface area contributed by atoms with Crippen molar-refractivity contribution >= 4 is 24.2 Å². The topological polar surface area (TPSA) is 12.9 Å². The van der Waals surface area contributed by atoms with Crippen molar-refractivity contribution in [3.05, 3.63) is 109 Å². The smallest absolute Gasteiger partial charge is 0.0784 e. The highest BCUT2D eigenvalue weighted by Crippen LogP contribution is 2.32. The highest BCUT2D eigenvalue weighted by Gasteiger charge is 2.23. The van der Waals surface area contributed by atoms with E-state index < -0.39 is 14.9 Å². The summed E-state index contributed by atoms with van der Waals surface area (Å²) in [6.45, 7) is 4.93. The van der Waals surface area contributed by atoms with Crippen molar-refractivity contribution in [3.63, 3.8) is 0 Å². The Hall–Kier alpha value is -3.49. The molecule has 4 aromatic carbocycles. The SMILES string of the molecule is [2H]C([2H])([2H])c1ccc(-c2ccc3c(-c4ccccc4)c([Si](C)(C)C)ccc3n2)cc1-c1ccccc1. The van der Waals surface area contributed by atoms with Gasteiger partial charge in [-0.25, -0.2) is 4.98 Å². The summed E-state index contributed by atoms with van der Waals surface area (Å²) in [7, 11) is -1.61. The number of benzene rings is 4. The maximum Gasteiger partial charge on any atom is 0.0784 e. The summed E-state index contributed by atoms with van der Waals surface area (Å²) in [6, 6.07) is 34.4. The second kappa shape index (κ2) is 8.46. The van der Waals surface area contributed by atoms with Crippen LogP contribution in [0.25, 0.3) is 44.4 Å². The molecule has 0 aliphatic rings. The van der Waals surface area contributed by atoms with E-state index in [1.807, 2.05) is 48.5 Å². The van der Waals surface area contributed by atoms with Gasteiger partial charge < -0.3 is 0 Å². The highest BCUT2D eigenvalue weighted by molar-refractivity contribution is 6.90. The fraction of sp³-hybridized carbons (Fsp3) is 0.129. The van der Waals surface area contributed by atoms with Crippen LogP contribution in [0.2, 0.25) is 19.6 Å². The number of nitrogens with zero attached hydrogens (tertiary/aromatic N) is 1. The summed E-state index contributed by atoms with van der Waals surface area (Å²) in [4.78, 5) is 5.06.